The first-order valence-corrected chi connectivity index (χ1v) is 11.1. The second-order valence-corrected chi connectivity index (χ2v) is 9.20. The van der Waals surface area contributed by atoms with Crippen LogP contribution in [0.25, 0.3) is 0 Å². The second kappa shape index (κ2) is 10.7. The first-order valence-electron chi connectivity index (χ1n) is 9.65. The lowest BCUT2D eigenvalue weighted by atomic mass is 10.1. The van der Waals surface area contributed by atoms with Crippen molar-refractivity contribution in [2.75, 3.05) is 39.9 Å². The number of hydrogen-bond donors (Lipinski definition) is 2. The number of amides is 2. The molecule has 0 bridgehead atoms. The zero-order valence-corrected chi connectivity index (χ0v) is 18.0. The number of rotatable bonds is 8. The fraction of sp³-hybridized carbons (Fsp3) is 0.579. The van der Waals surface area contributed by atoms with Gasteiger partial charge in [-0.2, -0.15) is 4.31 Å². The summed E-state index contributed by atoms with van der Waals surface area (Å²) in [6.45, 7) is 5.64. The minimum absolute atomic E-state index is 0.176. The molecule has 0 radical (unpaired) electrons. The molecule has 1 fully saturated rings. The Morgan fingerprint density at radius 3 is 2.28 bits per heavy atom. The molecule has 1 aromatic rings. The van der Waals surface area contributed by atoms with E-state index in [1.165, 1.54) is 4.31 Å². The predicted octanol–water partition coefficient (Wildman–Crippen LogP) is 0.128. The number of hydrogen-bond acceptors (Lipinski definition) is 6. The highest BCUT2D eigenvalue weighted by Crippen LogP contribution is 2.18. The first-order chi connectivity index (χ1) is 13.7. The maximum Gasteiger partial charge on any atom is 0.252 e. The third kappa shape index (κ3) is 7.07. The minimum atomic E-state index is -3.52. The number of likely N-dealkylation sites (N-methyl/N-ethyl adjacent to an activating group) is 1. The Morgan fingerprint density at radius 2 is 1.69 bits per heavy atom. The Labute approximate surface area is 172 Å². The Morgan fingerprint density at radius 1 is 1.10 bits per heavy atom. The van der Waals surface area contributed by atoms with Crippen LogP contribution in [0.3, 0.4) is 0 Å². The van der Waals surface area contributed by atoms with Gasteiger partial charge in [0.15, 0.2) is 0 Å². The number of carbonyl (C=O) groups is 2. The van der Waals surface area contributed by atoms with Crippen LogP contribution < -0.4 is 10.9 Å². The molecule has 29 heavy (non-hydrogen) atoms. The summed E-state index contributed by atoms with van der Waals surface area (Å²) in [5.74, 6) is -0.595. The number of benzene rings is 1. The number of aryl methyl sites for hydroxylation is 1. The molecule has 0 atom stereocenters. The molecule has 1 saturated heterocycles. The molecule has 1 aliphatic rings. The summed E-state index contributed by atoms with van der Waals surface area (Å²) in [6, 6.07) is 6.75. The lowest BCUT2D eigenvalue weighted by Gasteiger charge is -2.26. The zero-order chi connectivity index (χ0) is 21.4. The highest BCUT2D eigenvalue weighted by Gasteiger charge is 2.26. The van der Waals surface area contributed by atoms with Crippen molar-refractivity contribution in [3.05, 3.63) is 29.8 Å². The summed E-state index contributed by atoms with van der Waals surface area (Å²) in [5, 5.41) is 0. The molecule has 0 unspecified atom stereocenters. The van der Waals surface area contributed by atoms with E-state index in [0.717, 1.165) is 5.56 Å². The van der Waals surface area contributed by atoms with Crippen LogP contribution >= 0.6 is 0 Å². The minimum Gasteiger partial charge on any atom is -0.379 e. The molecule has 162 valence electrons. The molecule has 1 aromatic carbocycles. The van der Waals surface area contributed by atoms with E-state index in [-0.39, 0.29) is 35.7 Å². The molecule has 0 aromatic heterocycles. The molecule has 0 spiro atoms. The highest BCUT2D eigenvalue weighted by molar-refractivity contribution is 7.89. The van der Waals surface area contributed by atoms with Gasteiger partial charge in [0.25, 0.3) is 5.91 Å². The van der Waals surface area contributed by atoms with Gasteiger partial charge >= 0.3 is 0 Å². The van der Waals surface area contributed by atoms with Crippen molar-refractivity contribution in [2.24, 2.45) is 0 Å². The number of nitrogens with zero attached hydrogens (tertiary/aromatic N) is 2. The van der Waals surface area contributed by atoms with Crippen molar-refractivity contribution in [2.45, 2.75) is 37.6 Å². The fourth-order valence-corrected chi connectivity index (χ4v) is 4.08. The van der Waals surface area contributed by atoms with E-state index >= 15 is 0 Å². The van der Waals surface area contributed by atoms with Crippen LogP contribution in [0.5, 0.6) is 0 Å². The maximum absolute atomic E-state index is 12.6. The largest absolute Gasteiger partial charge is 0.379 e. The third-order valence-corrected chi connectivity index (χ3v) is 6.70. The molecular weight excluding hydrogens is 396 g/mol. The number of sulfonamides is 1. The smallest absolute Gasteiger partial charge is 0.252 e. The van der Waals surface area contributed by atoms with E-state index in [9.17, 15) is 18.0 Å². The SMILES string of the molecule is CC(C)N(C)CC(=O)NNC(=O)CCc1ccc(S(=O)(=O)N2CCOCC2)cc1. The molecule has 2 rings (SSSR count). The summed E-state index contributed by atoms with van der Waals surface area (Å²) in [6.07, 6.45) is 0.612. The van der Waals surface area contributed by atoms with Crippen molar-refractivity contribution in [3.63, 3.8) is 0 Å². The van der Waals surface area contributed by atoms with Gasteiger partial charge in [0, 0.05) is 25.6 Å². The molecule has 1 aliphatic heterocycles. The number of morpholine rings is 1. The molecule has 0 saturated carbocycles. The predicted molar refractivity (Wildman–Crippen MR) is 108 cm³/mol. The Hall–Kier alpha value is -2.01. The van der Waals surface area contributed by atoms with Crippen LogP contribution in [0, 0.1) is 0 Å². The number of nitrogens with one attached hydrogen (secondary N) is 2. The normalized spacial score (nSPS) is 15.5. The van der Waals surface area contributed by atoms with Crippen LogP contribution in [0.2, 0.25) is 0 Å². The Bertz CT molecular complexity index is 789. The molecule has 2 N–H and O–H groups in total. The van der Waals surface area contributed by atoms with E-state index in [0.29, 0.717) is 32.7 Å². The van der Waals surface area contributed by atoms with Gasteiger partial charge in [-0.25, -0.2) is 8.42 Å². The summed E-state index contributed by atoms with van der Waals surface area (Å²) in [5.41, 5.74) is 5.63. The monoisotopic (exact) mass is 426 g/mol. The Balaban J connectivity index is 1.79. The van der Waals surface area contributed by atoms with Crippen LogP contribution in [0.4, 0.5) is 0 Å². The summed E-state index contributed by atoms with van der Waals surface area (Å²) in [7, 11) is -1.69. The van der Waals surface area contributed by atoms with Gasteiger partial charge in [-0.1, -0.05) is 12.1 Å². The van der Waals surface area contributed by atoms with Crippen LogP contribution in [-0.2, 0) is 30.8 Å². The lowest BCUT2D eigenvalue weighted by Crippen LogP contribution is -2.46. The van der Waals surface area contributed by atoms with E-state index in [1.54, 1.807) is 24.3 Å². The Kier molecular flexibility index (Phi) is 8.57. The van der Waals surface area contributed by atoms with E-state index in [4.69, 9.17) is 4.74 Å². The first kappa shape index (κ1) is 23.3. The lowest BCUT2D eigenvalue weighted by molar-refractivity contribution is -0.129. The van der Waals surface area contributed by atoms with Crippen molar-refractivity contribution >= 4 is 21.8 Å². The number of hydrazine groups is 1. The third-order valence-electron chi connectivity index (χ3n) is 4.79. The average Bonchev–Trinajstić information content (AvgIpc) is 2.71. The van der Waals surface area contributed by atoms with E-state index < -0.39 is 10.0 Å². The number of carbonyl (C=O) groups excluding carboxylic acids is 2. The molecule has 0 aliphatic carbocycles. The van der Waals surface area contributed by atoms with Crippen LogP contribution in [0.15, 0.2) is 29.2 Å². The second-order valence-electron chi connectivity index (χ2n) is 7.27. The summed E-state index contributed by atoms with van der Waals surface area (Å²) >= 11 is 0. The van der Waals surface area contributed by atoms with Gasteiger partial charge in [-0.15, -0.1) is 0 Å². The molecule has 1 heterocycles. The molecule has 2 amide bonds. The van der Waals surface area contributed by atoms with Crippen LogP contribution in [-0.4, -0.2) is 75.4 Å². The van der Waals surface area contributed by atoms with Crippen LogP contribution in [0.1, 0.15) is 25.8 Å². The highest BCUT2D eigenvalue weighted by atomic mass is 32.2. The van der Waals surface area contributed by atoms with Gasteiger partial charge in [0.2, 0.25) is 15.9 Å². The van der Waals surface area contributed by atoms with Gasteiger partial charge in [0.1, 0.15) is 0 Å². The maximum atomic E-state index is 12.6. The average molecular weight is 427 g/mol. The van der Waals surface area contributed by atoms with Gasteiger partial charge in [-0.3, -0.25) is 25.3 Å². The zero-order valence-electron chi connectivity index (χ0n) is 17.2. The van der Waals surface area contributed by atoms with Gasteiger partial charge in [0.05, 0.1) is 24.7 Å². The molecule has 9 nitrogen and oxygen atoms in total. The fourth-order valence-electron chi connectivity index (χ4n) is 2.67. The van der Waals surface area contributed by atoms with Gasteiger partial charge in [-0.05, 0) is 45.0 Å². The van der Waals surface area contributed by atoms with Crippen molar-refractivity contribution in [3.8, 4) is 0 Å². The standard InChI is InChI=1S/C19H30N4O5S/c1-15(2)22(3)14-19(25)21-20-18(24)9-6-16-4-7-17(8-5-16)29(26,27)23-10-12-28-13-11-23/h4-5,7-8,15H,6,9-14H2,1-3H3,(H,20,24)(H,21,25). The molecular formula is C19H30N4O5S. The van der Waals surface area contributed by atoms with Crippen molar-refractivity contribution < 1.29 is 22.7 Å². The quantitative estimate of drug-likeness (QED) is 0.572. The summed E-state index contributed by atoms with van der Waals surface area (Å²) < 4.78 is 31.8. The van der Waals surface area contributed by atoms with E-state index in [1.807, 2.05) is 25.8 Å². The van der Waals surface area contributed by atoms with Gasteiger partial charge < -0.3 is 4.74 Å². The number of ether oxygens (including phenoxy) is 1. The van der Waals surface area contributed by atoms with Crippen molar-refractivity contribution in [1.29, 1.82) is 0 Å². The summed E-state index contributed by atoms with van der Waals surface area (Å²) in [4.78, 5) is 25.8. The molecule has 10 heteroatoms. The van der Waals surface area contributed by atoms with Crippen molar-refractivity contribution in [1.82, 2.24) is 20.1 Å². The topological polar surface area (TPSA) is 108 Å². The van der Waals surface area contributed by atoms with E-state index in [2.05, 4.69) is 10.9 Å².